The van der Waals surface area contributed by atoms with Crippen LogP contribution >= 0.6 is 0 Å². The number of carbonyl (C=O) groups excluding carboxylic acids is 2. The van der Waals surface area contributed by atoms with Crippen molar-refractivity contribution in [3.05, 3.63) is 95.3 Å². The predicted octanol–water partition coefficient (Wildman–Crippen LogP) is 6.44. The average molecular weight is 554 g/mol. The molecular formula is C34H39N3O4. The molecule has 1 saturated heterocycles. The van der Waals surface area contributed by atoms with Gasteiger partial charge in [-0.1, -0.05) is 49.4 Å². The normalized spacial score (nSPS) is 22.8. The number of hydrogen-bond donors (Lipinski definition) is 0. The Bertz CT molecular complexity index is 1460. The van der Waals surface area contributed by atoms with E-state index in [-0.39, 0.29) is 29.6 Å². The van der Waals surface area contributed by atoms with Crippen LogP contribution in [-0.2, 0) is 6.42 Å². The Morgan fingerprint density at radius 1 is 0.976 bits per heavy atom. The van der Waals surface area contributed by atoms with Gasteiger partial charge in [-0.2, -0.15) is 5.10 Å². The topological polar surface area (TPSA) is 73.7 Å². The fraction of sp³-hybridized carbons (Fsp3) is 0.382. The van der Waals surface area contributed by atoms with E-state index in [1.807, 2.05) is 76.3 Å². The zero-order chi connectivity index (χ0) is 28.9. The Morgan fingerprint density at radius 3 is 2.51 bits per heavy atom. The number of allylic oxidation sites excluding steroid dienone is 3. The SMILES string of the molecule is COc1ccc(/C2=C/C=C\CCc3cc(C(=O)N4C[C@H](C)C(CC(=O)c5ccccc5)CC[C@H]4C)nn32)cc1OC. The molecule has 2 aliphatic rings. The number of nitrogens with zero attached hydrogens (tertiary/aromatic N) is 3. The van der Waals surface area contributed by atoms with Crippen molar-refractivity contribution in [2.45, 2.75) is 52.0 Å². The van der Waals surface area contributed by atoms with Gasteiger partial charge in [-0.3, -0.25) is 9.59 Å². The number of hydrogen-bond acceptors (Lipinski definition) is 5. The fourth-order valence-corrected chi connectivity index (χ4v) is 5.93. The van der Waals surface area contributed by atoms with Gasteiger partial charge in [-0.25, -0.2) is 4.68 Å². The number of ketones is 1. The molecule has 1 unspecified atom stereocenters. The number of methoxy groups -OCH3 is 2. The van der Waals surface area contributed by atoms with Crippen molar-refractivity contribution in [2.24, 2.45) is 11.8 Å². The first-order chi connectivity index (χ1) is 19.9. The molecule has 214 valence electrons. The largest absolute Gasteiger partial charge is 0.493 e. The molecule has 0 spiro atoms. The van der Waals surface area contributed by atoms with Gasteiger partial charge in [0.25, 0.3) is 5.91 Å². The van der Waals surface area contributed by atoms with Gasteiger partial charge in [-0.05, 0) is 74.8 Å². The summed E-state index contributed by atoms with van der Waals surface area (Å²) in [6.45, 7) is 4.88. The minimum absolute atomic E-state index is 0.0572. The Hall–Kier alpha value is -4.13. The van der Waals surface area contributed by atoms with E-state index in [0.717, 1.165) is 48.2 Å². The van der Waals surface area contributed by atoms with Crippen LogP contribution in [-0.4, -0.2) is 53.2 Å². The predicted molar refractivity (Wildman–Crippen MR) is 160 cm³/mol. The summed E-state index contributed by atoms with van der Waals surface area (Å²) in [5, 5.41) is 4.88. The van der Waals surface area contributed by atoms with Crippen molar-refractivity contribution < 1.29 is 19.1 Å². The Balaban J connectivity index is 1.39. The molecule has 7 heteroatoms. The van der Waals surface area contributed by atoms with E-state index in [4.69, 9.17) is 14.6 Å². The molecule has 0 bridgehead atoms. The number of carbonyl (C=O) groups is 2. The molecule has 7 nitrogen and oxygen atoms in total. The Labute approximate surface area is 242 Å². The fourth-order valence-electron chi connectivity index (χ4n) is 5.93. The first kappa shape index (κ1) is 28.4. The van der Waals surface area contributed by atoms with Crippen LogP contribution < -0.4 is 9.47 Å². The maximum Gasteiger partial charge on any atom is 0.274 e. The van der Waals surface area contributed by atoms with Crippen LogP contribution in [0.1, 0.15) is 71.6 Å². The molecule has 0 radical (unpaired) electrons. The number of amides is 1. The first-order valence-electron chi connectivity index (χ1n) is 14.5. The summed E-state index contributed by atoms with van der Waals surface area (Å²) in [7, 11) is 3.24. The second-order valence-corrected chi connectivity index (χ2v) is 11.1. The lowest BCUT2D eigenvalue weighted by Crippen LogP contribution is -2.40. The third-order valence-electron chi connectivity index (χ3n) is 8.45. The van der Waals surface area contributed by atoms with Crippen molar-refractivity contribution in [1.82, 2.24) is 14.7 Å². The highest BCUT2D eigenvalue weighted by Crippen LogP contribution is 2.33. The van der Waals surface area contributed by atoms with Crippen LogP contribution in [0.15, 0.2) is 72.8 Å². The Morgan fingerprint density at radius 2 is 1.76 bits per heavy atom. The highest BCUT2D eigenvalue weighted by molar-refractivity contribution is 5.96. The van der Waals surface area contributed by atoms with E-state index < -0.39 is 0 Å². The number of aromatic nitrogens is 2. The molecule has 3 atom stereocenters. The van der Waals surface area contributed by atoms with E-state index in [1.165, 1.54) is 0 Å². The molecule has 41 heavy (non-hydrogen) atoms. The van der Waals surface area contributed by atoms with Gasteiger partial charge in [0.05, 0.1) is 19.9 Å². The summed E-state index contributed by atoms with van der Waals surface area (Å²) in [5.41, 5.74) is 3.98. The molecule has 0 saturated carbocycles. The molecule has 1 fully saturated rings. The summed E-state index contributed by atoms with van der Waals surface area (Å²) in [6, 6.07) is 17.3. The van der Waals surface area contributed by atoms with E-state index in [1.54, 1.807) is 14.2 Å². The summed E-state index contributed by atoms with van der Waals surface area (Å²) < 4.78 is 12.9. The second kappa shape index (κ2) is 12.6. The summed E-state index contributed by atoms with van der Waals surface area (Å²) >= 11 is 0. The van der Waals surface area contributed by atoms with Gasteiger partial charge in [0.1, 0.15) is 0 Å². The van der Waals surface area contributed by atoms with Crippen molar-refractivity contribution >= 4 is 17.4 Å². The molecule has 1 amide bonds. The molecule has 5 rings (SSSR count). The average Bonchev–Trinajstić information content (AvgIpc) is 3.34. The number of fused-ring (bicyclic) bond motifs is 1. The lowest BCUT2D eigenvalue weighted by atomic mass is 9.85. The van der Waals surface area contributed by atoms with Crippen molar-refractivity contribution in [2.75, 3.05) is 20.8 Å². The zero-order valence-corrected chi connectivity index (χ0v) is 24.4. The third-order valence-corrected chi connectivity index (χ3v) is 8.45. The number of aryl methyl sites for hydroxylation is 1. The van der Waals surface area contributed by atoms with Crippen molar-refractivity contribution in [1.29, 1.82) is 0 Å². The highest BCUT2D eigenvalue weighted by atomic mass is 16.5. The van der Waals surface area contributed by atoms with Gasteiger partial charge in [0.15, 0.2) is 23.0 Å². The Kier molecular flexibility index (Phi) is 8.72. The summed E-state index contributed by atoms with van der Waals surface area (Å²) in [5.74, 6) is 1.84. The van der Waals surface area contributed by atoms with Crippen LogP contribution in [0.4, 0.5) is 0 Å². The molecule has 2 aromatic carbocycles. The van der Waals surface area contributed by atoms with Gasteiger partial charge in [0.2, 0.25) is 0 Å². The maximum atomic E-state index is 14.0. The molecule has 3 heterocycles. The third kappa shape index (κ3) is 6.14. The van der Waals surface area contributed by atoms with Crippen LogP contribution in [0.3, 0.4) is 0 Å². The zero-order valence-electron chi connectivity index (χ0n) is 24.4. The van der Waals surface area contributed by atoms with Crippen LogP contribution in [0.25, 0.3) is 5.70 Å². The lowest BCUT2D eigenvalue weighted by molar-refractivity contribution is 0.0664. The number of likely N-dealkylation sites (tertiary alicyclic amines) is 1. The van der Waals surface area contributed by atoms with E-state index in [2.05, 4.69) is 19.9 Å². The second-order valence-electron chi connectivity index (χ2n) is 11.1. The molecule has 0 aliphatic carbocycles. The first-order valence-corrected chi connectivity index (χ1v) is 14.5. The van der Waals surface area contributed by atoms with E-state index in [9.17, 15) is 9.59 Å². The molecule has 3 aromatic rings. The summed E-state index contributed by atoms with van der Waals surface area (Å²) in [6.07, 6.45) is 10.1. The molecule has 2 aliphatic heterocycles. The summed E-state index contributed by atoms with van der Waals surface area (Å²) in [4.78, 5) is 28.9. The standard InChI is InChI=1S/C34H39N3O4/c1-23-22-36(24(2)15-16-26(23)19-31(38)25-11-7-5-8-12-25)34(39)29-21-28-13-9-6-10-14-30(37(28)35-29)27-17-18-32(40-3)33(20-27)41-4/h5-8,10-12,14,17-18,20-21,23-24,26H,9,13,15-16,19,22H2,1-4H3/b10-6-,30-14-/t23-,24+,26?/m0/s1. The van der Waals surface area contributed by atoms with E-state index >= 15 is 0 Å². The van der Waals surface area contributed by atoms with Crippen LogP contribution in [0.5, 0.6) is 11.5 Å². The number of Topliss-reactive ketones (excluding diaryl/α,β-unsaturated/α-hetero) is 1. The smallest absolute Gasteiger partial charge is 0.274 e. The molecular weight excluding hydrogens is 514 g/mol. The van der Waals surface area contributed by atoms with Gasteiger partial charge < -0.3 is 14.4 Å². The van der Waals surface area contributed by atoms with Crippen LogP contribution in [0.2, 0.25) is 0 Å². The van der Waals surface area contributed by atoms with Crippen molar-refractivity contribution in [3.8, 4) is 11.5 Å². The minimum atomic E-state index is -0.0572. The molecule has 0 N–H and O–H groups in total. The van der Waals surface area contributed by atoms with Gasteiger partial charge >= 0.3 is 0 Å². The van der Waals surface area contributed by atoms with Gasteiger partial charge in [0, 0.05) is 35.8 Å². The lowest BCUT2D eigenvalue weighted by Gasteiger charge is -2.29. The number of benzene rings is 2. The maximum absolute atomic E-state index is 14.0. The quantitative estimate of drug-likeness (QED) is 0.315. The number of ether oxygens (including phenoxy) is 2. The number of rotatable bonds is 7. The van der Waals surface area contributed by atoms with Crippen molar-refractivity contribution in [3.63, 3.8) is 0 Å². The minimum Gasteiger partial charge on any atom is -0.493 e. The van der Waals surface area contributed by atoms with E-state index in [0.29, 0.717) is 30.2 Å². The van der Waals surface area contributed by atoms with Gasteiger partial charge in [-0.15, -0.1) is 0 Å². The molecule has 1 aromatic heterocycles. The highest BCUT2D eigenvalue weighted by Gasteiger charge is 2.33. The monoisotopic (exact) mass is 553 g/mol. The van der Waals surface area contributed by atoms with Crippen LogP contribution in [0, 0.1) is 11.8 Å².